The predicted octanol–water partition coefficient (Wildman–Crippen LogP) is 7.05. The van der Waals surface area contributed by atoms with Crippen LogP contribution in [0.2, 0.25) is 0 Å². The van der Waals surface area contributed by atoms with Gasteiger partial charge in [0.15, 0.2) is 0 Å². The molecule has 138 valence electrons. The Labute approximate surface area is 147 Å². The van der Waals surface area contributed by atoms with E-state index in [0.29, 0.717) is 0 Å². The Balaban J connectivity index is 2.22. The Hall–Kier alpha value is -0.0400. The van der Waals surface area contributed by atoms with Gasteiger partial charge in [0.05, 0.1) is 0 Å². The zero-order valence-electron chi connectivity index (χ0n) is 16.8. The van der Waals surface area contributed by atoms with E-state index in [4.69, 9.17) is 0 Å². The second-order valence-electron chi connectivity index (χ2n) is 8.81. The number of hydrogen-bond donors (Lipinski definition) is 0. The Bertz CT molecular complexity index is 235. The van der Waals surface area contributed by atoms with Gasteiger partial charge in [0.25, 0.3) is 0 Å². The zero-order chi connectivity index (χ0) is 16.9. The van der Waals surface area contributed by atoms with Gasteiger partial charge in [-0.2, -0.15) is 0 Å². The first-order valence-corrected chi connectivity index (χ1v) is 10.8. The third-order valence-electron chi connectivity index (χ3n) is 5.54. The highest BCUT2D eigenvalue weighted by Crippen LogP contribution is 2.24. The lowest BCUT2D eigenvalue weighted by atomic mass is 9.93. The minimum atomic E-state index is 0.880. The fourth-order valence-electron chi connectivity index (χ4n) is 4.01. The molecule has 0 aromatic rings. The minimum absolute atomic E-state index is 0.880. The fourth-order valence-corrected chi connectivity index (χ4v) is 4.01. The number of nitrogens with zero attached hydrogens (tertiary/aromatic N) is 1. The Morgan fingerprint density at radius 2 is 1.13 bits per heavy atom. The van der Waals surface area contributed by atoms with Gasteiger partial charge in [0, 0.05) is 6.04 Å². The first-order valence-electron chi connectivity index (χ1n) is 10.8. The smallest absolute Gasteiger partial charge is 0.00952 e. The molecule has 0 atom stereocenters. The molecule has 0 saturated heterocycles. The van der Waals surface area contributed by atoms with E-state index in [1.165, 1.54) is 96.6 Å². The molecule has 1 aliphatic carbocycles. The van der Waals surface area contributed by atoms with E-state index in [2.05, 4.69) is 32.6 Å². The van der Waals surface area contributed by atoms with Gasteiger partial charge in [-0.05, 0) is 50.6 Å². The van der Waals surface area contributed by atoms with Crippen molar-refractivity contribution in [1.29, 1.82) is 0 Å². The van der Waals surface area contributed by atoms with Crippen molar-refractivity contribution in [3.05, 3.63) is 0 Å². The highest BCUT2D eigenvalue weighted by molar-refractivity contribution is 4.76. The molecule has 0 N–H and O–H groups in total. The lowest BCUT2D eigenvalue weighted by Gasteiger charge is -2.34. The molecule has 1 nitrogen and oxygen atoms in total. The van der Waals surface area contributed by atoms with Crippen molar-refractivity contribution in [3.8, 4) is 0 Å². The standard InChI is InChI=1S/C22H45N/c1-20(2)14-8-6-12-18-23(22-16-10-5-11-17-22)19-13-7-9-15-21(3)4/h20-22H,5-19H2,1-4H3. The van der Waals surface area contributed by atoms with Crippen LogP contribution in [0, 0.1) is 11.8 Å². The number of unbranched alkanes of at least 4 members (excludes halogenated alkanes) is 4. The average Bonchev–Trinajstić information content (AvgIpc) is 2.52. The highest BCUT2D eigenvalue weighted by atomic mass is 15.1. The van der Waals surface area contributed by atoms with Crippen molar-refractivity contribution in [2.45, 2.75) is 117 Å². The van der Waals surface area contributed by atoms with Crippen LogP contribution < -0.4 is 0 Å². The van der Waals surface area contributed by atoms with Crippen LogP contribution in [-0.2, 0) is 0 Å². The quantitative estimate of drug-likeness (QED) is 0.328. The molecule has 1 heteroatoms. The monoisotopic (exact) mass is 323 g/mol. The van der Waals surface area contributed by atoms with Crippen LogP contribution in [-0.4, -0.2) is 24.0 Å². The van der Waals surface area contributed by atoms with Gasteiger partial charge in [0.1, 0.15) is 0 Å². The third kappa shape index (κ3) is 11.2. The van der Waals surface area contributed by atoms with Crippen LogP contribution in [0.25, 0.3) is 0 Å². The summed E-state index contributed by atoms with van der Waals surface area (Å²) in [6.07, 6.45) is 18.8. The van der Waals surface area contributed by atoms with E-state index < -0.39 is 0 Å². The van der Waals surface area contributed by atoms with Crippen LogP contribution in [0.5, 0.6) is 0 Å². The first kappa shape index (κ1) is 21.0. The molecular weight excluding hydrogens is 278 g/mol. The summed E-state index contributed by atoms with van der Waals surface area (Å²) in [5, 5.41) is 0. The molecule has 0 bridgehead atoms. The average molecular weight is 324 g/mol. The second-order valence-corrected chi connectivity index (χ2v) is 8.81. The van der Waals surface area contributed by atoms with Gasteiger partial charge < -0.3 is 4.90 Å². The molecule has 0 aliphatic heterocycles. The van der Waals surface area contributed by atoms with Crippen molar-refractivity contribution in [2.75, 3.05) is 13.1 Å². The molecule has 0 heterocycles. The van der Waals surface area contributed by atoms with Gasteiger partial charge in [-0.25, -0.2) is 0 Å². The molecule has 1 saturated carbocycles. The van der Waals surface area contributed by atoms with Crippen molar-refractivity contribution in [2.24, 2.45) is 11.8 Å². The second kappa shape index (κ2) is 13.3. The van der Waals surface area contributed by atoms with Crippen LogP contribution in [0.3, 0.4) is 0 Å². The highest BCUT2D eigenvalue weighted by Gasteiger charge is 2.20. The molecule has 0 aromatic heterocycles. The summed E-state index contributed by atoms with van der Waals surface area (Å²) in [7, 11) is 0. The van der Waals surface area contributed by atoms with Gasteiger partial charge in [-0.3, -0.25) is 0 Å². The summed E-state index contributed by atoms with van der Waals surface area (Å²) in [4.78, 5) is 2.88. The molecule has 1 fully saturated rings. The van der Waals surface area contributed by atoms with E-state index in [-0.39, 0.29) is 0 Å². The van der Waals surface area contributed by atoms with Crippen LogP contribution >= 0.6 is 0 Å². The zero-order valence-corrected chi connectivity index (χ0v) is 16.8. The summed E-state index contributed by atoms with van der Waals surface area (Å²) in [6, 6.07) is 0.916. The predicted molar refractivity (Wildman–Crippen MR) is 105 cm³/mol. The number of hydrogen-bond acceptors (Lipinski definition) is 1. The molecule has 0 radical (unpaired) electrons. The maximum Gasteiger partial charge on any atom is 0.00952 e. The molecule has 1 rings (SSSR count). The van der Waals surface area contributed by atoms with Crippen LogP contribution in [0.1, 0.15) is 111 Å². The van der Waals surface area contributed by atoms with Crippen LogP contribution in [0.15, 0.2) is 0 Å². The maximum atomic E-state index is 2.88. The summed E-state index contributed by atoms with van der Waals surface area (Å²) < 4.78 is 0. The van der Waals surface area contributed by atoms with Crippen LogP contribution in [0.4, 0.5) is 0 Å². The molecule has 23 heavy (non-hydrogen) atoms. The first-order chi connectivity index (χ1) is 11.1. The minimum Gasteiger partial charge on any atom is -0.300 e. The van der Waals surface area contributed by atoms with Crippen molar-refractivity contribution in [3.63, 3.8) is 0 Å². The third-order valence-corrected chi connectivity index (χ3v) is 5.54. The molecule has 0 spiro atoms. The van der Waals surface area contributed by atoms with E-state index >= 15 is 0 Å². The largest absolute Gasteiger partial charge is 0.300 e. The summed E-state index contributed by atoms with van der Waals surface area (Å²) in [5.74, 6) is 1.76. The van der Waals surface area contributed by atoms with Gasteiger partial charge in [0.2, 0.25) is 0 Å². The van der Waals surface area contributed by atoms with E-state index in [1.807, 2.05) is 0 Å². The Morgan fingerprint density at radius 1 is 0.652 bits per heavy atom. The molecule has 0 aromatic carbocycles. The molecular formula is C22H45N. The van der Waals surface area contributed by atoms with E-state index in [1.54, 1.807) is 0 Å². The molecule has 0 unspecified atom stereocenters. The fraction of sp³-hybridized carbons (Fsp3) is 1.00. The lowest BCUT2D eigenvalue weighted by molar-refractivity contribution is 0.149. The maximum absolute atomic E-state index is 2.88. The van der Waals surface area contributed by atoms with Gasteiger partial charge >= 0.3 is 0 Å². The van der Waals surface area contributed by atoms with Gasteiger partial charge in [-0.1, -0.05) is 85.5 Å². The molecule has 1 aliphatic rings. The SMILES string of the molecule is CC(C)CCCCCN(CCCCCC(C)C)C1CCCCC1. The van der Waals surface area contributed by atoms with Crippen molar-refractivity contribution >= 4 is 0 Å². The summed E-state index contributed by atoms with van der Waals surface area (Å²) >= 11 is 0. The Kier molecular flexibility index (Phi) is 12.1. The number of rotatable bonds is 13. The van der Waals surface area contributed by atoms with Crippen molar-refractivity contribution < 1.29 is 0 Å². The normalized spacial score (nSPS) is 16.8. The summed E-state index contributed by atoms with van der Waals surface area (Å²) in [5.41, 5.74) is 0. The van der Waals surface area contributed by atoms with E-state index in [9.17, 15) is 0 Å². The lowest BCUT2D eigenvalue weighted by Crippen LogP contribution is -2.38. The van der Waals surface area contributed by atoms with Gasteiger partial charge in [-0.15, -0.1) is 0 Å². The topological polar surface area (TPSA) is 3.24 Å². The van der Waals surface area contributed by atoms with Crippen molar-refractivity contribution in [1.82, 2.24) is 4.90 Å². The Morgan fingerprint density at radius 3 is 1.57 bits per heavy atom. The van der Waals surface area contributed by atoms with E-state index in [0.717, 1.165) is 17.9 Å². The molecule has 0 amide bonds. The summed E-state index contributed by atoms with van der Waals surface area (Å²) in [6.45, 7) is 12.1.